The van der Waals surface area contributed by atoms with Gasteiger partial charge in [0.05, 0.1) is 5.02 Å². The molecule has 32 heavy (non-hydrogen) atoms. The average molecular weight is 492 g/mol. The van der Waals surface area contributed by atoms with Gasteiger partial charge in [-0.1, -0.05) is 52.8 Å². The lowest BCUT2D eigenvalue weighted by atomic mass is 10.2. The van der Waals surface area contributed by atoms with Crippen molar-refractivity contribution in [2.75, 3.05) is 38.5 Å². The Morgan fingerprint density at radius 2 is 1.75 bits per heavy atom. The van der Waals surface area contributed by atoms with Crippen LogP contribution in [0.1, 0.15) is 15.9 Å². The molecule has 1 amide bonds. The maximum atomic E-state index is 13.1. The molecular weight excluding hydrogens is 470 g/mol. The molecule has 1 aliphatic rings. The predicted octanol–water partition coefficient (Wildman–Crippen LogP) is 3.36. The number of rotatable bonds is 5. The molecule has 1 aliphatic heterocycles. The summed E-state index contributed by atoms with van der Waals surface area (Å²) in [5, 5.41) is 11.9. The molecule has 1 aromatic heterocycles. The van der Waals surface area contributed by atoms with Gasteiger partial charge in [0, 0.05) is 37.3 Å². The fourth-order valence-corrected chi connectivity index (χ4v) is 5.93. The van der Waals surface area contributed by atoms with Gasteiger partial charge in [0.25, 0.3) is 5.91 Å². The molecule has 1 N–H and O–H groups in total. The maximum Gasteiger partial charge on any atom is 0.257 e. The Balaban J connectivity index is 1.53. The third-order valence-corrected chi connectivity index (χ3v) is 8.49. The van der Waals surface area contributed by atoms with Crippen molar-refractivity contribution in [1.29, 1.82) is 0 Å². The molecule has 11 heteroatoms. The summed E-state index contributed by atoms with van der Waals surface area (Å²) in [5.41, 5.74) is 2.21. The summed E-state index contributed by atoms with van der Waals surface area (Å²) in [7, 11) is -1.87. The van der Waals surface area contributed by atoms with Crippen LogP contribution in [0.5, 0.6) is 0 Å². The van der Waals surface area contributed by atoms with E-state index in [1.807, 2.05) is 38.2 Å². The lowest BCUT2D eigenvalue weighted by molar-refractivity contribution is 0.102. The molecule has 3 aromatic rings. The van der Waals surface area contributed by atoms with Crippen LogP contribution in [0.3, 0.4) is 0 Å². The van der Waals surface area contributed by atoms with E-state index in [9.17, 15) is 13.2 Å². The van der Waals surface area contributed by atoms with Crippen molar-refractivity contribution in [3.8, 4) is 10.6 Å². The van der Waals surface area contributed by atoms with Gasteiger partial charge in [-0.15, -0.1) is 10.2 Å². The lowest BCUT2D eigenvalue weighted by Gasteiger charge is -2.31. The Bertz CT molecular complexity index is 1240. The monoisotopic (exact) mass is 491 g/mol. The number of nitrogens with zero attached hydrogens (tertiary/aromatic N) is 4. The van der Waals surface area contributed by atoms with Crippen molar-refractivity contribution in [1.82, 2.24) is 19.4 Å². The normalized spacial score (nSPS) is 15.6. The maximum absolute atomic E-state index is 13.1. The Morgan fingerprint density at radius 1 is 1.06 bits per heavy atom. The molecule has 1 saturated heterocycles. The van der Waals surface area contributed by atoms with E-state index >= 15 is 0 Å². The van der Waals surface area contributed by atoms with Gasteiger partial charge in [0.2, 0.25) is 15.2 Å². The van der Waals surface area contributed by atoms with Gasteiger partial charge in [0.15, 0.2) is 0 Å². The van der Waals surface area contributed by atoms with Crippen LogP contribution < -0.4 is 5.32 Å². The molecule has 0 bridgehead atoms. The largest absolute Gasteiger partial charge is 0.304 e. The van der Waals surface area contributed by atoms with Gasteiger partial charge in [-0.2, -0.15) is 4.31 Å². The number of anilines is 1. The number of halogens is 1. The van der Waals surface area contributed by atoms with Crippen LogP contribution in [0, 0.1) is 6.92 Å². The zero-order valence-corrected chi connectivity index (χ0v) is 20.0. The molecule has 0 spiro atoms. The first-order chi connectivity index (χ1) is 15.2. The first-order valence-corrected chi connectivity index (χ1v) is 12.6. The Labute approximate surface area is 195 Å². The Kier molecular flexibility index (Phi) is 6.59. The summed E-state index contributed by atoms with van der Waals surface area (Å²) < 4.78 is 27.6. The zero-order chi connectivity index (χ0) is 22.9. The van der Waals surface area contributed by atoms with Crippen LogP contribution >= 0.6 is 22.9 Å². The molecular formula is C21H22ClN5O3S2. The smallest absolute Gasteiger partial charge is 0.257 e. The van der Waals surface area contributed by atoms with Crippen molar-refractivity contribution < 1.29 is 13.2 Å². The molecule has 2 heterocycles. The third-order valence-electron chi connectivity index (χ3n) is 5.22. The molecule has 0 atom stereocenters. The fraction of sp³-hybridized carbons (Fsp3) is 0.286. The number of carbonyl (C=O) groups excluding carboxylic acids is 1. The van der Waals surface area contributed by atoms with Crippen LogP contribution in [-0.4, -0.2) is 67.0 Å². The molecule has 2 aromatic carbocycles. The highest BCUT2D eigenvalue weighted by molar-refractivity contribution is 7.89. The van der Waals surface area contributed by atoms with E-state index in [0.29, 0.717) is 36.3 Å². The average Bonchev–Trinajstić information content (AvgIpc) is 3.23. The predicted molar refractivity (Wildman–Crippen MR) is 126 cm³/mol. The summed E-state index contributed by atoms with van der Waals surface area (Å²) >= 11 is 7.45. The van der Waals surface area contributed by atoms with Crippen LogP contribution in [0.15, 0.2) is 47.4 Å². The van der Waals surface area contributed by atoms with Gasteiger partial charge in [-0.25, -0.2) is 8.42 Å². The molecule has 4 rings (SSSR count). The summed E-state index contributed by atoms with van der Waals surface area (Å²) in [6.07, 6.45) is 0. The summed E-state index contributed by atoms with van der Waals surface area (Å²) in [4.78, 5) is 14.8. The molecule has 0 aliphatic carbocycles. The minimum Gasteiger partial charge on any atom is -0.304 e. The second-order valence-electron chi connectivity index (χ2n) is 7.59. The summed E-state index contributed by atoms with van der Waals surface area (Å²) in [5.74, 6) is -0.483. The topological polar surface area (TPSA) is 95.5 Å². The quantitative estimate of drug-likeness (QED) is 0.588. The fourth-order valence-electron chi connectivity index (χ4n) is 3.27. The van der Waals surface area contributed by atoms with E-state index in [2.05, 4.69) is 20.4 Å². The highest BCUT2D eigenvalue weighted by Gasteiger charge is 2.30. The van der Waals surface area contributed by atoms with E-state index in [-0.39, 0.29) is 15.5 Å². The molecule has 0 radical (unpaired) electrons. The number of aryl methyl sites for hydroxylation is 1. The minimum absolute atomic E-state index is 0.0750. The number of hydrogen-bond donors (Lipinski definition) is 1. The number of sulfonamides is 1. The van der Waals surface area contributed by atoms with Gasteiger partial charge < -0.3 is 4.90 Å². The van der Waals surface area contributed by atoms with E-state index < -0.39 is 15.9 Å². The van der Waals surface area contributed by atoms with Crippen molar-refractivity contribution in [2.24, 2.45) is 0 Å². The standard InChI is InChI=1S/C21H22ClN5O3S2/c1-14-3-5-15(6-4-14)20-24-25-21(31-20)23-19(28)16-7-8-17(22)18(13-16)32(29,30)27-11-9-26(2)10-12-27/h3-8,13H,9-12H2,1-2H3,(H,23,25,28). The number of benzene rings is 2. The Hall–Kier alpha value is -2.37. The number of piperazine rings is 1. The molecule has 8 nitrogen and oxygen atoms in total. The number of hydrogen-bond acceptors (Lipinski definition) is 7. The second kappa shape index (κ2) is 9.24. The van der Waals surface area contributed by atoms with Crippen LogP contribution in [-0.2, 0) is 10.0 Å². The first-order valence-electron chi connectivity index (χ1n) is 9.94. The number of aromatic nitrogens is 2. The zero-order valence-electron chi connectivity index (χ0n) is 17.6. The van der Waals surface area contributed by atoms with Crippen LogP contribution in [0.2, 0.25) is 5.02 Å². The highest BCUT2D eigenvalue weighted by Crippen LogP contribution is 2.29. The molecule has 0 saturated carbocycles. The van der Waals surface area contributed by atoms with Gasteiger partial charge in [-0.3, -0.25) is 10.1 Å². The Morgan fingerprint density at radius 3 is 2.44 bits per heavy atom. The van der Waals surface area contributed by atoms with Crippen molar-refractivity contribution in [2.45, 2.75) is 11.8 Å². The second-order valence-corrected chi connectivity index (χ2v) is 10.9. The molecule has 168 valence electrons. The number of amides is 1. The first kappa shape index (κ1) is 22.8. The van der Waals surface area contributed by atoms with Gasteiger partial charge in [-0.05, 0) is 32.2 Å². The SMILES string of the molecule is Cc1ccc(-c2nnc(NC(=O)c3ccc(Cl)c(S(=O)(=O)N4CCN(C)CC4)c3)s2)cc1. The van der Waals surface area contributed by atoms with Crippen LogP contribution in [0.25, 0.3) is 10.6 Å². The summed E-state index contributed by atoms with van der Waals surface area (Å²) in [6, 6.07) is 12.1. The van der Waals surface area contributed by atoms with E-state index in [1.54, 1.807) is 0 Å². The van der Waals surface area contributed by atoms with E-state index in [1.165, 1.54) is 33.8 Å². The summed E-state index contributed by atoms with van der Waals surface area (Å²) in [6.45, 7) is 4.02. The van der Waals surface area contributed by atoms with Crippen molar-refractivity contribution >= 4 is 44.0 Å². The lowest BCUT2D eigenvalue weighted by Crippen LogP contribution is -2.47. The number of nitrogens with one attached hydrogen (secondary N) is 1. The third kappa shape index (κ3) is 4.84. The van der Waals surface area contributed by atoms with Crippen molar-refractivity contribution in [3.05, 3.63) is 58.6 Å². The number of carbonyl (C=O) groups is 1. The number of likely N-dealkylation sites (N-methyl/N-ethyl adjacent to an activating group) is 1. The van der Waals surface area contributed by atoms with Gasteiger partial charge in [0.1, 0.15) is 9.90 Å². The molecule has 0 unspecified atom stereocenters. The molecule has 1 fully saturated rings. The van der Waals surface area contributed by atoms with Crippen LogP contribution in [0.4, 0.5) is 5.13 Å². The van der Waals surface area contributed by atoms with Gasteiger partial charge >= 0.3 is 0 Å². The van der Waals surface area contributed by atoms with E-state index in [0.717, 1.165) is 11.1 Å². The minimum atomic E-state index is -3.81. The highest BCUT2D eigenvalue weighted by atomic mass is 35.5. The van der Waals surface area contributed by atoms with Crippen molar-refractivity contribution in [3.63, 3.8) is 0 Å². The van der Waals surface area contributed by atoms with E-state index in [4.69, 9.17) is 11.6 Å².